The van der Waals surface area contributed by atoms with Crippen molar-refractivity contribution in [2.75, 3.05) is 45.9 Å². The van der Waals surface area contributed by atoms with Gasteiger partial charge >= 0.3 is 0 Å². The maximum atomic E-state index is 9.96. The molecule has 1 aromatic rings. The summed E-state index contributed by atoms with van der Waals surface area (Å²) in [6.45, 7) is 17.3. The van der Waals surface area contributed by atoms with E-state index in [1.54, 1.807) is 12.1 Å². The van der Waals surface area contributed by atoms with Gasteiger partial charge in [0.2, 0.25) is 0 Å². The van der Waals surface area contributed by atoms with Crippen LogP contribution < -0.4 is 4.74 Å². The Bertz CT molecular complexity index is 1020. The van der Waals surface area contributed by atoms with Gasteiger partial charge in [-0.3, -0.25) is 0 Å². The summed E-state index contributed by atoms with van der Waals surface area (Å²) in [7, 11) is 0. The average Bonchev–Trinajstić information content (AvgIpc) is 3.33. The molecule has 1 N–H and O–H groups in total. The van der Waals surface area contributed by atoms with Crippen molar-refractivity contribution in [1.29, 1.82) is 0 Å². The van der Waals surface area contributed by atoms with Crippen molar-refractivity contribution < 1.29 is 14.6 Å². The van der Waals surface area contributed by atoms with Gasteiger partial charge in [0.15, 0.2) is 6.29 Å². The van der Waals surface area contributed by atoms with Crippen LogP contribution in [0, 0.1) is 0 Å². The lowest BCUT2D eigenvalue weighted by molar-refractivity contribution is -0.0873. The van der Waals surface area contributed by atoms with Crippen LogP contribution in [-0.4, -0.2) is 67.1 Å². The van der Waals surface area contributed by atoms with Gasteiger partial charge in [0, 0.05) is 6.42 Å². The van der Waals surface area contributed by atoms with Crippen LogP contribution in [-0.2, 0) is 4.74 Å². The number of rotatable bonds is 56. The van der Waals surface area contributed by atoms with Crippen LogP contribution in [0.3, 0.4) is 0 Å². The highest BCUT2D eigenvalue weighted by Gasteiger charge is 2.14. The van der Waals surface area contributed by atoms with Crippen molar-refractivity contribution >= 4 is 0 Å². The van der Waals surface area contributed by atoms with Crippen molar-refractivity contribution in [3.8, 4) is 11.5 Å². The molecule has 0 spiro atoms. The van der Waals surface area contributed by atoms with Gasteiger partial charge in [0.1, 0.15) is 11.5 Å². The van der Waals surface area contributed by atoms with Gasteiger partial charge in [0.25, 0.3) is 0 Å². The number of aromatic hydroxyl groups is 1. The lowest BCUT2D eigenvalue weighted by Crippen LogP contribution is -2.29. The van der Waals surface area contributed by atoms with Crippen LogP contribution >= 0.6 is 0 Å². The van der Waals surface area contributed by atoms with Gasteiger partial charge in [0.05, 0.1) is 6.61 Å². The fourth-order valence-electron chi connectivity index (χ4n) is 9.95. The first-order chi connectivity index (χ1) is 33.1. The molecule has 1 unspecified atom stereocenters. The van der Waals surface area contributed by atoms with Gasteiger partial charge in [-0.2, -0.15) is 0 Å². The number of unbranched alkanes of at least 4 members (excludes halogenated alkanes) is 37. The number of ether oxygens (including phenoxy) is 2. The largest absolute Gasteiger partial charge is 0.508 e. The Morgan fingerprint density at radius 1 is 0.328 bits per heavy atom. The monoisotopic (exact) mass is 941 g/mol. The first-order valence-electron chi connectivity index (χ1n) is 30.6. The molecule has 67 heavy (non-hydrogen) atoms. The summed E-state index contributed by atoms with van der Waals surface area (Å²) < 4.78 is 13.1. The molecule has 396 valence electrons. The number of phenolic OH excluding ortho intramolecular Hbond substituents is 1. The second kappa shape index (κ2) is 52.5. The Hall–Kier alpha value is -1.30. The molecule has 0 aliphatic rings. The van der Waals surface area contributed by atoms with E-state index in [0.717, 1.165) is 38.2 Å². The van der Waals surface area contributed by atoms with Gasteiger partial charge in [-0.05, 0) is 108 Å². The van der Waals surface area contributed by atoms with E-state index in [4.69, 9.17) is 9.47 Å². The minimum atomic E-state index is -0.254. The van der Waals surface area contributed by atoms with Crippen LogP contribution in [0.4, 0.5) is 0 Å². The van der Waals surface area contributed by atoms with E-state index in [0.29, 0.717) is 0 Å². The molecule has 5 nitrogen and oxygen atoms in total. The predicted molar refractivity (Wildman–Crippen MR) is 297 cm³/mol. The summed E-state index contributed by atoms with van der Waals surface area (Å²) >= 11 is 0. The molecule has 0 aliphatic carbocycles. The minimum Gasteiger partial charge on any atom is -0.508 e. The average molecular weight is 942 g/mol. The number of hydrogen-bond donors (Lipinski definition) is 1. The molecule has 0 fully saturated rings. The van der Waals surface area contributed by atoms with Crippen LogP contribution in [0.5, 0.6) is 11.5 Å². The minimum absolute atomic E-state index is 0.254. The van der Waals surface area contributed by atoms with Crippen LogP contribution in [0.25, 0.3) is 0 Å². The Balaban J connectivity index is 2.65. The molecular weight excluding hydrogens is 821 g/mol. The van der Waals surface area contributed by atoms with E-state index >= 15 is 0 Å². The molecular formula is C62H120N2O3. The normalized spacial score (nSPS) is 12.3. The molecule has 0 aliphatic heterocycles. The maximum absolute atomic E-state index is 9.96. The van der Waals surface area contributed by atoms with Crippen molar-refractivity contribution in [3.63, 3.8) is 0 Å². The molecule has 5 heteroatoms. The number of benzene rings is 1. The summed E-state index contributed by atoms with van der Waals surface area (Å²) in [5.74, 6) is 1.06. The van der Waals surface area contributed by atoms with Crippen molar-refractivity contribution in [2.24, 2.45) is 0 Å². The third-order valence-electron chi connectivity index (χ3n) is 14.5. The summed E-state index contributed by atoms with van der Waals surface area (Å²) in [5.41, 5.74) is 0. The second-order valence-corrected chi connectivity index (χ2v) is 21.2. The zero-order valence-corrected chi connectivity index (χ0v) is 46.1. The van der Waals surface area contributed by atoms with E-state index < -0.39 is 0 Å². The fourth-order valence-corrected chi connectivity index (χ4v) is 9.95. The zero-order chi connectivity index (χ0) is 48.2. The lowest BCUT2D eigenvalue weighted by atomic mass is 10.1. The molecule has 1 atom stereocenters. The van der Waals surface area contributed by atoms with E-state index in [2.05, 4.69) is 37.5 Å². The van der Waals surface area contributed by atoms with E-state index in [9.17, 15) is 5.11 Å². The van der Waals surface area contributed by atoms with Crippen LogP contribution in [0.15, 0.2) is 24.3 Å². The molecule has 0 aromatic heterocycles. The Morgan fingerprint density at radius 3 is 0.881 bits per heavy atom. The molecule has 1 rings (SSSR count). The highest BCUT2D eigenvalue weighted by atomic mass is 16.7. The molecule has 0 amide bonds. The van der Waals surface area contributed by atoms with Crippen molar-refractivity contribution in [1.82, 2.24) is 9.80 Å². The number of phenols is 1. The fraction of sp³-hybridized carbons (Fsp3) is 0.903. The molecule has 0 saturated carbocycles. The Morgan fingerprint density at radius 2 is 0.582 bits per heavy atom. The van der Waals surface area contributed by atoms with E-state index in [1.165, 1.54) is 296 Å². The summed E-state index contributed by atoms with van der Waals surface area (Å²) in [4.78, 5) is 5.56. The molecule has 0 radical (unpaired) electrons. The van der Waals surface area contributed by atoms with Crippen LogP contribution in [0.1, 0.15) is 310 Å². The summed E-state index contributed by atoms with van der Waals surface area (Å²) in [6, 6.07) is 7.22. The Labute approximate surface area is 420 Å². The summed E-state index contributed by atoms with van der Waals surface area (Å²) in [5, 5.41) is 9.96. The molecule has 0 saturated heterocycles. The third kappa shape index (κ3) is 45.6. The quantitative estimate of drug-likeness (QED) is 0.0521. The topological polar surface area (TPSA) is 45.2 Å². The van der Waals surface area contributed by atoms with E-state index in [1.807, 2.05) is 12.1 Å². The predicted octanol–water partition coefficient (Wildman–Crippen LogP) is 20.0. The highest BCUT2D eigenvalue weighted by Crippen LogP contribution is 2.21. The molecule has 0 bridgehead atoms. The van der Waals surface area contributed by atoms with Crippen molar-refractivity contribution in [2.45, 2.75) is 317 Å². The number of nitrogens with zero attached hydrogens (tertiary/aromatic N) is 2. The van der Waals surface area contributed by atoms with Gasteiger partial charge in [-0.25, -0.2) is 0 Å². The van der Waals surface area contributed by atoms with E-state index in [-0.39, 0.29) is 12.0 Å². The van der Waals surface area contributed by atoms with Gasteiger partial charge in [-0.1, -0.05) is 259 Å². The summed E-state index contributed by atoms with van der Waals surface area (Å²) in [6.07, 6.45) is 60.0. The maximum Gasteiger partial charge on any atom is 0.199 e. The molecule has 0 heterocycles. The first kappa shape index (κ1) is 63.7. The first-order valence-corrected chi connectivity index (χ1v) is 30.6. The standard InChI is InChI=1S/C62H120N2O3/c1-5-9-13-17-21-25-29-33-37-41-53-63(54-42-38-34-30-26-22-18-14-10-6-2)57-45-46-59-66-62(67-61-51-49-60(65)50-52-61)48-47-58-64(55-43-39-35-31-27-23-19-15-11-7-3)56-44-40-36-32-28-24-20-16-12-8-4/h49-52,62,65H,5-48,53-59H2,1-4H3. The van der Waals surface area contributed by atoms with Gasteiger partial charge in [-0.15, -0.1) is 0 Å². The van der Waals surface area contributed by atoms with Gasteiger partial charge < -0.3 is 24.4 Å². The smallest absolute Gasteiger partial charge is 0.199 e. The Kier molecular flexibility index (Phi) is 49.9. The number of hydrogen-bond acceptors (Lipinski definition) is 5. The third-order valence-corrected chi connectivity index (χ3v) is 14.5. The highest BCUT2D eigenvalue weighted by molar-refractivity contribution is 5.30. The van der Waals surface area contributed by atoms with Crippen molar-refractivity contribution in [3.05, 3.63) is 24.3 Å². The van der Waals surface area contributed by atoms with Crippen LogP contribution in [0.2, 0.25) is 0 Å². The SMILES string of the molecule is CCCCCCCCCCCCN(CCCCCCCCCCCC)CCCCOC(CCCN(CCCCCCCCCCCC)CCCCCCCCCCCC)Oc1ccc(O)cc1. The zero-order valence-electron chi connectivity index (χ0n) is 46.1. The second-order valence-electron chi connectivity index (χ2n) is 21.2. The molecule has 1 aromatic carbocycles. The lowest BCUT2D eigenvalue weighted by Gasteiger charge is -2.25.